The molecule has 0 aliphatic carbocycles. The smallest absolute Gasteiger partial charge is 0.0364 e. The lowest BCUT2D eigenvalue weighted by atomic mass is 9.81. The van der Waals surface area contributed by atoms with Crippen molar-refractivity contribution < 1.29 is 0 Å². The Morgan fingerprint density at radius 3 is 1.93 bits per heavy atom. The van der Waals surface area contributed by atoms with E-state index in [2.05, 4.69) is 38.5 Å². The van der Waals surface area contributed by atoms with Gasteiger partial charge in [0.15, 0.2) is 0 Å². The molecular formula is C13H26N2. The highest BCUT2D eigenvalue weighted by Crippen LogP contribution is 2.28. The second-order valence-electron chi connectivity index (χ2n) is 4.00. The maximum absolute atomic E-state index is 6.25. The van der Waals surface area contributed by atoms with E-state index in [4.69, 9.17) is 12.2 Å². The van der Waals surface area contributed by atoms with Gasteiger partial charge in [-0.25, -0.2) is 0 Å². The molecule has 0 aromatic carbocycles. The molecule has 2 heteroatoms. The van der Waals surface area contributed by atoms with Crippen molar-refractivity contribution >= 4 is 0 Å². The summed E-state index contributed by atoms with van der Waals surface area (Å²) >= 11 is 0. The van der Waals surface area contributed by atoms with Crippen molar-refractivity contribution in [1.29, 1.82) is 0 Å². The lowest BCUT2D eigenvalue weighted by Crippen LogP contribution is -2.59. The standard InChI is InChI=1S/C13H26N2/c1-6-11-12(14)13(7-2,8-3)15(9-4)10-5/h1,12H,7-11,14H2,2-5H3. The van der Waals surface area contributed by atoms with Gasteiger partial charge in [-0.15, -0.1) is 12.3 Å². The van der Waals surface area contributed by atoms with Crippen molar-refractivity contribution in [3.8, 4) is 12.3 Å². The second kappa shape index (κ2) is 6.87. The van der Waals surface area contributed by atoms with Crippen LogP contribution < -0.4 is 5.73 Å². The minimum atomic E-state index is 0.0792. The van der Waals surface area contributed by atoms with Crippen molar-refractivity contribution in [2.45, 2.75) is 58.5 Å². The van der Waals surface area contributed by atoms with Crippen LogP contribution in [0.25, 0.3) is 0 Å². The Morgan fingerprint density at radius 2 is 1.67 bits per heavy atom. The molecule has 1 atom stereocenters. The van der Waals surface area contributed by atoms with Gasteiger partial charge in [-0.2, -0.15) is 0 Å². The van der Waals surface area contributed by atoms with E-state index in [1.165, 1.54) is 0 Å². The monoisotopic (exact) mass is 210 g/mol. The Morgan fingerprint density at radius 1 is 1.20 bits per heavy atom. The number of rotatable bonds is 7. The third kappa shape index (κ3) is 2.96. The van der Waals surface area contributed by atoms with Gasteiger partial charge in [0.05, 0.1) is 0 Å². The molecule has 2 nitrogen and oxygen atoms in total. The van der Waals surface area contributed by atoms with Crippen LogP contribution in [-0.4, -0.2) is 29.6 Å². The lowest BCUT2D eigenvalue weighted by molar-refractivity contribution is 0.0643. The SMILES string of the molecule is C#CCC(N)C(CC)(CC)N(CC)CC. The average Bonchev–Trinajstić information content (AvgIpc) is 2.26. The van der Waals surface area contributed by atoms with E-state index in [-0.39, 0.29) is 11.6 Å². The van der Waals surface area contributed by atoms with Crippen LogP contribution in [-0.2, 0) is 0 Å². The molecule has 2 N–H and O–H groups in total. The van der Waals surface area contributed by atoms with Gasteiger partial charge < -0.3 is 5.73 Å². The molecule has 0 aliphatic heterocycles. The molecule has 0 amide bonds. The van der Waals surface area contributed by atoms with Crippen LogP contribution >= 0.6 is 0 Å². The summed E-state index contributed by atoms with van der Waals surface area (Å²) < 4.78 is 0. The molecule has 0 aromatic heterocycles. The number of hydrogen-bond acceptors (Lipinski definition) is 2. The highest BCUT2D eigenvalue weighted by molar-refractivity contribution is 5.02. The zero-order valence-corrected chi connectivity index (χ0v) is 10.7. The second-order valence-corrected chi connectivity index (χ2v) is 4.00. The van der Waals surface area contributed by atoms with Crippen molar-refractivity contribution in [1.82, 2.24) is 4.90 Å². The number of terminal acetylenes is 1. The Hall–Kier alpha value is -0.520. The van der Waals surface area contributed by atoms with Crippen LogP contribution in [0.5, 0.6) is 0 Å². The minimum Gasteiger partial charge on any atom is -0.325 e. The highest BCUT2D eigenvalue weighted by atomic mass is 15.2. The topological polar surface area (TPSA) is 29.3 Å². The van der Waals surface area contributed by atoms with Crippen LogP contribution in [0, 0.1) is 12.3 Å². The van der Waals surface area contributed by atoms with Gasteiger partial charge in [0.1, 0.15) is 0 Å². The molecule has 0 saturated heterocycles. The van der Waals surface area contributed by atoms with Gasteiger partial charge in [-0.3, -0.25) is 4.90 Å². The fourth-order valence-corrected chi connectivity index (χ4v) is 2.63. The average molecular weight is 210 g/mol. The van der Waals surface area contributed by atoms with E-state index < -0.39 is 0 Å². The van der Waals surface area contributed by atoms with E-state index in [9.17, 15) is 0 Å². The number of likely N-dealkylation sites (N-methyl/N-ethyl adjacent to an activating group) is 1. The third-order valence-electron chi connectivity index (χ3n) is 3.65. The molecule has 0 spiro atoms. The molecule has 0 aliphatic rings. The molecule has 0 bridgehead atoms. The van der Waals surface area contributed by atoms with Crippen LogP contribution in [0.3, 0.4) is 0 Å². The van der Waals surface area contributed by atoms with Gasteiger partial charge in [-0.05, 0) is 25.9 Å². The molecular weight excluding hydrogens is 184 g/mol. The summed E-state index contributed by atoms with van der Waals surface area (Å²) in [5.74, 6) is 2.69. The zero-order chi connectivity index (χ0) is 11.9. The molecule has 88 valence electrons. The number of hydrogen-bond donors (Lipinski definition) is 1. The fourth-order valence-electron chi connectivity index (χ4n) is 2.63. The normalized spacial score (nSPS) is 13.9. The van der Waals surface area contributed by atoms with Gasteiger partial charge >= 0.3 is 0 Å². The minimum absolute atomic E-state index is 0.0792. The summed E-state index contributed by atoms with van der Waals surface area (Å²) in [5.41, 5.74) is 6.33. The molecule has 15 heavy (non-hydrogen) atoms. The Bertz CT molecular complexity index is 197. The van der Waals surface area contributed by atoms with E-state index >= 15 is 0 Å². The molecule has 0 heterocycles. The van der Waals surface area contributed by atoms with E-state index in [1.54, 1.807) is 0 Å². The fraction of sp³-hybridized carbons (Fsp3) is 0.846. The van der Waals surface area contributed by atoms with Crippen molar-refractivity contribution in [2.24, 2.45) is 5.73 Å². The zero-order valence-electron chi connectivity index (χ0n) is 10.7. The molecule has 0 radical (unpaired) electrons. The van der Waals surface area contributed by atoms with E-state index in [0.29, 0.717) is 6.42 Å². The van der Waals surface area contributed by atoms with Crippen LogP contribution in [0.2, 0.25) is 0 Å². The number of nitrogens with zero attached hydrogens (tertiary/aromatic N) is 1. The largest absolute Gasteiger partial charge is 0.325 e. The first kappa shape index (κ1) is 14.5. The quantitative estimate of drug-likeness (QED) is 0.653. The van der Waals surface area contributed by atoms with Gasteiger partial charge in [0.25, 0.3) is 0 Å². The van der Waals surface area contributed by atoms with Crippen LogP contribution in [0.1, 0.15) is 47.0 Å². The first-order chi connectivity index (χ1) is 7.12. The van der Waals surface area contributed by atoms with Gasteiger partial charge in [0.2, 0.25) is 0 Å². The first-order valence-corrected chi connectivity index (χ1v) is 6.06. The molecule has 0 aromatic rings. The maximum atomic E-state index is 6.25. The molecule has 0 rings (SSSR count). The van der Waals surface area contributed by atoms with E-state index in [0.717, 1.165) is 25.9 Å². The Labute approximate surface area is 95.2 Å². The summed E-state index contributed by atoms with van der Waals surface area (Å²) in [6.45, 7) is 10.9. The van der Waals surface area contributed by atoms with Crippen LogP contribution in [0.15, 0.2) is 0 Å². The summed E-state index contributed by atoms with van der Waals surface area (Å²) in [4.78, 5) is 2.45. The van der Waals surface area contributed by atoms with Gasteiger partial charge in [0, 0.05) is 18.0 Å². The summed E-state index contributed by atoms with van der Waals surface area (Å²) in [7, 11) is 0. The summed E-state index contributed by atoms with van der Waals surface area (Å²) in [6, 6.07) is 0.0809. The summed E-state index contributed by atoms with van der Waals surface area (Å²) in [6.07, 6.45) is 8.16. The highest BCUT2D eigenvalue weighted by Gasteiger charge is 2.37. The summed E-state index contributed by atoms with van der Waals surface area (Å²) in [5, 5.41) is 0. The maximum Gasteiger partial charge on any atom is 0.0364 e. The van der Waals surface area contributed by atoms with E-state index in [1.807, 2.05) is 0 Å². The lowest BCUT2D eigenvalue weighted by Gasteiger charge is -2.46. The van der Waals surface area contributed by atoms with Crippen molar-refractivity contribution in [3.05, 3.63) is 0 Å². The van der Waals surface area contributed by atoms with Crippen molar-refractivity contribution in [2.75, 3.05) is 13.1 Å². The molecule has 1 unspecified atom stereocenters. The van der Waals surface area contributed by atoms with Crippen LogP contribution in [0.4, 0.5) is 0 Å². The third-order valence-corrected chi connectivity index (χ3v) is 3.65. The first-order valence-electron chi connectivity index (χ1n) is 6.06. The van der Waals surface area contributed by atoms with Gasteiger partial charge in [-0.1, -0.05) is 27.7 Å². The Kier molecular flexibility index (Phi) is 6.63. The van der Waals surface area contributed by atoms with Crippen molar-refractivity contribution in [3.63, 3.8) is 0 Å². The molecule has 0 fully saturated rings. The Balaban J connectivity index is 4.93. The number of nitrogens with two attached hydrogens (primary N) is 1. The predicted molar refractivity (Wildman–Crippen MR) is 67.7 cm³/mol. The molecule has 0 saturated carbocycles. The predicted octanol–water partition coefficient (Wildman–Crippen LogP) is 2.24.